The lowest BCUT2D eigenvalue weighted by atomic mass is 9.58. The van der Waals surface area contributed by atoms with Gasteiger partial charge in [-0.15, -0.1) is 0 Å². The second kappa shape index (κ2) is 14.4. The van der Waals surface area contributed by atoms with E-state index in [1.54, 1.807) is 6.07 Å². The molecule has 2 fully saturated rings. The van der Waals surface area contributed by atoms with Gasteiger partial charge in [0.05, 0.1) is 35.7 Å². The molecule has 2 heterocycles. The number of para-hydroxylation sites is 1. The molecule has 1 aliphatic carbocycles. The zero-order valence-corrected chi connectivity index (χ0v) is 27.7. The molecule has 3 aliphatic rings. The molecule has 10 nitrogen and oxygen atoms in total. The summed E-state index contributed by atoms with van der Waals surface area (Å²) in [6.07, 6.45) is 3.83. The number of fused-ring (bicyclic) bond motifs is 3. The molecule has 5 rings (SSSR count). The normalized spacial score (nSPS) is 23.2. The summed E-state index contributed by atoms with van der Waals surface area (Å²) in [6, 6.07) is 13.0. The first-order chi connectivity index (χ1) is 21.7. The summed E-state index contributed by atoms with van der Waals surface area (Å²) in [5.41, 5.74) is 3.76. The van der Waals surface area contributed by atoms with Gasteiger partial charge in [0.25, 0.3) is 0 Å². The summed E-state index contributed by atoms with van der Waals surface area (Å²) in [4.78, 5) is 40.0. The van der Waals surface area contributed by atoms with E-state index < -0.39 is 48.9 Å². The minimum Gasteiger partial charge on any atom is -0.504 e. The fraction of sp³-hybridized carbons (Fsp3) is 0.424. The van der Waals surface area contributed by atoms with E-state index >= 15 is 0 Å². The van der Waals surface area contributed by atoms with Crippen LogP contribution in [-0.4, -0.2) is 67.0 Å². The molecule has 0 radical (unpaired) electrons. The van der Waals surface area contributed by atoms with E-state index in [1.807, 2.05) is 36.4 Å². The van der Waals surface area contributed by atoms with Crippen LogP contribution in [0.15, 0.2) is 59.2 Å². The topological polar surface area (TPSA) is 132 Å². The molecule has 0 spiro atoms. The predicted octanol–water partition coefficient (Wildman–Crippen LogP) is 5.61. The first-order valence-electron chi connectivity index (χ1n) is 15.1. The van der Waals surface area contributed by atoms with Crippen molar-refractivity contribution in [3.63, 3.8) is 0 Å². The van der Waals surface area contributed by atoms with Gasteiger partial charge in [0.15, 0.2) is 11.5 Å². The number of likely N-dealkylation sites (tertiary alicyclic amines) is 1. The number of methoxy groups -OCH3 is 2. The SMILES string of the molecule is CCC/C(=C\c1cc(I)c(O)c(OC)c1)CC[C@H]1OB(O)C[C@H]2C1=C(COc1ccccc1)C[C@H]1C(=O)N(C(=O)OC)C(=O)[C@H]12. The minimum atomic E-state index is -1.14. The third-order valence-corrected chi connectivity index (χ3v) is 9.58. The highest BCUT2D eigenvalue weighted by Crippen LogP contribution is 2.51. The van der Waals surface area contributed by atoms with Crippen molar-refractivity contribution in [3.05, 3.63) is 68.3 Å². The molecular weight excluding hydrogens is 692 g/mol. The van der Waals surface area contributed by atoms with Gasteiger partial charge in [-0.3, -0.25) is 9.59 Å². The largest absolute Gasteiger partial charge is 0.504 e. The maximum atomic E-state index is 13.6. The predicted molar refractivity (Wildman–Crippen MR) is 175 cm³/mol. The number of aromatic hydroxyl groups is 1. The summed E-state index contributed by atoms with van der Waals surface area (Å²) >= 11 is 2.07. The second-order valence-electron chi connectivity index (χ2n) is 11.5. The Balaban J connectivity index is 1.48. The van der Waals surface area contributed by atoms with Crippen molar-refractivity contribution < 1.29 is 43.4 Å². The Morgan fingerprint density at radius 2 is 1.89 bits per heavy atom. The van der Waals surface area contributed by atoms with E-state index in [1.165, 1.54) is 7.11 Å². The number of phenolic OH excluding ortho intramolecular Hbond substituents is 1. The van der Waals surface area contributed by atoms with Crippen LogP contribution in [0.25, 0.3) is 6.08 Å². The van der Waals surface area contributed by atoms with Crippen molar-refractivity contribution in [2.24, 2.45) is 17.8 Å². The maximum Gasteiger partial charge on any atom is 0.455 e. The van der Waals surface area contributed by atoms with Crippen LogP contribution in [0.2, 0.25) is 6.32 Å². The number of benzene rings is 2. The number of imide groups is 3. The van der Waals surface area contributed by atoms with Crippen molar-refractivity contribution in [2.75, 3.05) is 20.8 Å². The monoisotopic (exact) mass is 729 g/mol. The number of carbonyl (C=O) groups excluding carboxylic acids is 3. The van der Waals surface area contributed by atoms with Crippen molar-refractivity contribution in [3.8, 4) is 17.2 Å². The van der Waals surface area contributed by atoms with Crippen LogP contribution in [0.5, 0.6) is 17.2 Å². The van der Waals surface area contributed by atoms with Gasteiger partial charge in [-0.1, -0.05) is 43.2 Å². The standard InChI is InChI=1S/C33H37BINO9/c1-4-8-19(13-20-14-25(35)30(37)27(15-20)42-2)11-12-26-28-21(18-44-22-9-6-5-7-10-22)16-23-29(24(28)17-34(41)45-26)32(39)36(31(23)38)33(40)43-3/h5-7,9-10,13-15,23-24,26,29,37,41H,4,8,11-12,16-18H2,1-3H3/b19-13+/t23-,24+,26-,29-/m1/s1. The number of hydrogen-bond acceptors (Lipinski definition) is 9. The molecule has 2 aromatic rings. The molecule has 0 unspecified atom stereocenters. The Morgan fingerprint density at radius 1 is 1.13 bits per heavy atom. The number of nitrogens with zero attached hydrogens (tertiary/aromatic N) is 1. The van der Waals surface area contributed by atoms with Gasteiger partial charge in [0.2, 0.25) is 11.8 Å². The van der Waals surface area contributed by atoms with E-state index in [0.29, 0.717) is 32.8 Å². The highest BCUT2D eigenvalue weighted by Gasteiger charge is 2.59. The molecule has 2 saturated heterocycles. The van der Waals surface area contributed by atoms with Crippen molar-refractivity contribution in [1.82, 2.24) is 4.90 Å². The number of amides is 3. The fourth-order valence-electron chi connectivity index (χ4n) is 6.83. The molecule has 0 bridgehead atoms. The van der Waals surface area contributed by atoms with Crippen LogP contribution < -0.4 is 9.47 Å². The maximum absolute atomic E-state index is 13.6. The summed E-state index contributed by atoms with van der Waals surface area (Å²) in [7, 11) is 1.51. The zero-order chi connectivity index (χ0) is 32.2. The number of halogens is 1. The van der Waals surface area contributed by atoms with E-state index in [-0.39, 0.29) is 25.1 Å². The number of phenols is 1. The number of carbonyl (C=O) groups is 3. The molecule has 238 valence electrons. The number of allylic oxidation sites excluding steroid dienone is 1. The van der Waals surface area contributed by atoms with Crippen LogP contribution in [0.1, 0.15) is 44.6 Å². The second-order valence-corrected chi connectivity index (χ2v) is 12.7. The average Bonchev–Trinajstić information content (AvgIpc) is 3.29. The molecule has 2 aromatic carbocycles. The molecule has 3 amide bonds. The third-order valence-electron chi connectivity index (χ3n) is 8.76. The number of hydrogen-bond donors (Lipinski definition) is 2. The molecule has 12 heteroatoms. The van der Waals surface area contributed by atoms with E-state index in [0.717, 1.165) is 42.2 Å². The van der Waals surface area contributed by atoms with Crippen LogP contribution >= 0.6 is 22.6 Å². The van der Waals surface area contributed by atoms with Gasteiger partial charge in [-0.05, 0) is 101 Å². The molecule has 2 N–H and O–H groups in total. The molecule has 0 aromatic heterocycles. The lowest BCUT2D eigenvalue weighted by Gasteiger charge is -2.43. The molecule has 0 saturated carbocycles. The minimum absolute atomic E-state index is 0.0985. The first-order valence-corrected chi connectivity index (χ1v) is 16.2. The summed E-state index contributed by atoms with van der Waals surface area (Å²) in [5, 5.41) is 21.2. The Kier molecular flexibility index (Phi) is 10.6. The van der Waals surface area contributed by atoms with Gasteiger partial charge in [0.1, 0.15) is 12.4 Å². The highest BCUT2D eigenvalue weighted by molar-refractivity contribution is 14.1. The van der Waals surface area contributed by atoms with E-state index in [2.05, 4.69) is 35.6 Å². The zero-order valence-electron chi connectivity index (χ0n) is 25.5. The van der Waals surface area contributed by atoms with E-state index in [9.17, 15) is 24.5 Å². The lowest BCUT2D eigenvalue weighted by molar-refractivity contribution is -0.137. The highest BCUT2D eigenvalue weighted by atomic mass is 127. The van der Waals surface area contributed by atoms with Gasteiger partial charge >= 0.3 is 13.2 Å². The van der Waals surface area contributed by atoms with Crippen LogP contribution in [-0.2, 0) is 19.0 Å². The molecule has 45 heavy (non-hydrogen) atoms. The van der Waals surface area contributed by atoms with Crippen LogP contribution in [0, 0.1) is 21.3 Å². The Morgan fingerprint density at radius 3 is 2.58 bits per heavy atom. The van der Waals surface area contributed by atoms with Crippen molar-refractivity contribution >= 4 is 53.7 Å². The van der Waals surface area contributed by atoms with Crippen molar-refractivity contribution in [1.29, 1.82) is 0 Å². The van der Waals surface area contributed by atoms with Crippen LogP contribution in [0.4, 0.5) is 4.79 Å². The number of ether oxygens (including phenoxy) is 3. The van der Waals surface area contributed by atoms with Gasteiger partial charge in [0, 0.05) is 0 Å². The molecular formula is C33H37BINO9. The average molecular weight is 729 g/mol. The van der Waals surface area contributed by atoms with E-state index in [4.69, 9.17) is 18.9 Å². The molecule has 2 aliphatic heterocycles. The summed E-state index contributed by atoms with van der Waals surface area (Å²) in [5.74, 6) is -2.09. The quantitative estimate of drug-likeness (QED) is 0.139. The van der Waals surface area contributed by atoms with Gasteiger partial charge in [-0.25, -0.2) is 4.79 Å². The summed E-state index contributed by atoms with van der Waals surface area (Å²) in [6.45, 7) is 2.28. The summed E-state index contributed by atoms with van der Waals surface area (Å²) < 4.78 is 23.1. The first kappa shape index (κ1) is 33.0. The molecule has 4 atom stereocenters. The fourth-order valence-corrected chi connectivity index (χ4v) is 7.46. The van der Waals surface area contributed by atoms with Crippen LogP contribution in [0.3, 0.4) is 0 Å². The third kappa shape index (κ3) is 6.92. The Labute approximate surface area is 276 Å². The van der Waals surface area contributed by atoms with Gasteiger partial charge in [-0.2, -0.15) is 4.90 Å². The smallest absolute Gasteiger partial charge is 0.455 e. The Bertz CT molecular complexity index is 1510. The lowest BCUT2D eigenvalue weighted by Crippen LogP contribution is -2.46. The van der Waals surface area contributed by atoms with Crippen molar-refractivity contribution in [2.45, 2.75) is 51.5 Å². The van der Waals surface area contributed by atoms with Gasteiger partial charge < -0.3 is 29.0 Å². The Hall–Kier alpha value is -3.36. The number of rotatable bonds is 10.